The van der Waals surface area contributed by atoms with E-state index in [4.69, 9.17) is 0 Å². The van der Waals surface area contributed by atoms with Gasteiger partial charge >= 0.3 is 0 Å². The van der Waals surface area contributed by atoms with Crippen molar-refractivity contribution in [2.75, 3.05) is 19.6 Å². The van der Waals surface area contributed by atoms with Crippen molar-refractivity contribution >= 4 is 0 Å². The Morgan fingerprint density at radius 2 is 1.78 bits per heavy atom. The molecule has 0 bridgehead atoms. The van der Waals surface area contributed by atoms with E-state index in [1.807, 2.05) is 6.92 Å². The maximum Gasteiger partial charge on any atom is 0.145 e. The summed E-state index contributed by atoms with van der Waals surface area (Å²) in [4.78, 5) is 1.77. The van der Waals surface area contributed by atoms with Crippen molar-refractivity contribution in [1.29, 1.82) is 0 Å². The van der Waals surface area contributed by atoms with E-state index in [0.29, 0.717) is 0 Å². The van der Waals surface area contributed by atoms with Crippen LogP contribution >= 0.6 is 0 Å². The van der Waals surface area contributed by atoms with Crippen LogP contribution in [-0.2, 0) is 0 Å². The highest BCUT2D eigenvalue weighted by atomic mass is 19.2. The Labute approximate surface area is 53.6 Å². The van der Waals surface area contributed by atoms with E-state index in [9.17, 15) is 8.78 Å². The molecule has 1 aliphatic rings. The Balaban J connectivity index is 2.35. The van der Waals surface area contributed by atoms with Crippen LogP contribution in [0, 0.1) is 0 Å². The van der Waals surface area contributed by atoms with Gasteiger partial charge in [-0.15, -0.1) is 0 Å². The summed E-state index contributed by atoms with van der Waals surface area (Å²) in [6.07, 6.45) is -2.49. The van der Waals surface area contributed by atoms with E-state index in [1.165, 1.54) is 0 Å². The molecular formula is C6H11F2N. The fraction of sp³-hybridized carbons (Fsp3) is 1.00. The molecule has 1 nitrogen and oxygen atoms in total. The van der Waals surface area contributed by atoms with Crippen LogP contribution in [0.1, 0.15) is 6.92 Å². The molecule has 0 aromatic rings. The number of alkyl halides is 2. The van der Waals surface area contributed by atoms with Crippen molar-refractivity contribution in [3.63, 3.8) is 0 Å². The number of likely N-dealkylation sites (tertiary alicyclic amines) is 1. The second kappa shape index (κ2) is 2.60. The van der Waals surface area contributed by atoms with Crippen LogP contribution < -0.4 is 0 Å². The molecule has 2 atom stereocenters. The maximum atomic E-state index is 12.3. The molecule has 0 aromatic heterocycles. The molecule has 9 heavy (non-hydrogen) atoms. The predicted molar refractivity (Wildman–Crippen MR) is 31.9 cm³/mol. The quantitative estimate of drug-likeness (QED) is 0.518. The van der Waals surface area contributed by atoms with Crippen LogP contribution in [0.4, 0.5) is 8.78 Å². The average Bonchev–Trinajstić information content (AvgIpc) is 2.13. The van der Waals surface area contributed by atoms with E-state index in [1.54, 1.807) is 4.90 Å². The lowest BCUT2D eigenvalue weighted by Crippen LogP contribution is -2.20. The van der Waals surface area contributed by atoms with Crippen LogP contribution in [0.25, 0.3) is 0 Å². The molecular weight excluding hydrogens is 124 g/mol. The third kappa shape index (κ3) is 1.39. The maximum absolute atomic E-state index is 12.3. The highest BCUT2D eigenvalue weighted by Gasteiger charge is 2.31. The van der Waals surface area contributed by atoms with Crippen LogP contribution in [-0.4, -0.2) is 36.9 Å². The second-order valence-corrected chi connectivity index (χ2v) is 2.38. The zero-order valence-electron chi connectivity index (χ0n) is 5.48. The number of hydrogen-bond donors (Lipinski definition) is 0. The summed E-state index contributed by atoms with van der Waals surface area (Å²) in [5, 5.41) is 0. The van der Waals surface area contributed by atoms with Gasteiger partial charge in [-0.25, -0.2) is 8.78 Å². The van der Waals surface area contributed by atoms with Crippen molar-refractivity contribution in [1.82, 2.24) is 4.90 Å². The Kier molecular flexibility index (Phi) is 2.01. The van der Waals surface area contributed by atoms with E-state index in [0.717, 1.165) is 6.54 Å². The highest BCUT2D eigenvalue weighted by Crippen LogP contribution is 2.15. The molecule has 0 radical (unpaired) electrons. The van der Waals surface area contributed by atoms with Crippen molar-refractivity contribution in [2.24, 2.45) is 0 Å². The average molecular weight is 135 g/mol. The number of nitrogens with zero attached hydrogens (tertiary/aromatic N) is 1. The Hall–Kier alpha value is -0.180. The second-order valence-electron chi connectivity index (χ2n) is 2.38. The molecule has 0 aromatic carbocycles. The van der Waals surface area contributed by atoms with E-state index >= 15 is 0 Å². The molecule has 1 aliphatic heterocycles. The summed E-state index contributed by atoms with van der Waals surface area (Å²) >= 11 is 0. The van der Waals surface area contributed by atoms with Crippen LogP contribution in [0.5, 0.6) is 0 Å². The smallest absolute Gasteiger partial charge is 0.145 e. The minimum Gasteiger partial charge on any atom is -0.298 e. The summed E-state index contributed by atoms with van der Waals surface area (Å²) in [5.74, 6) is 0. The van der Waals surface area contributed by atoms with Crippen molar-refractivity contribution in [3.05, 3.63) is 0 Å². The molecule has 0 N–H and O–H groups in total. The zero-order valence-corrected chi connectivity index (χ0v) is 5.48. The number of hydrogen-bond acceptors (Lipinski definition) is 1. The van der Waals surface area contributed by atoms with Crippen LogP contribution in [0.2, 0.25) is 0 Å². The molecule has 1 saturated heterocycles. The van der Waals surface area contributed by atoms with Crippen LogP contribution in [0.15, 0.2) is 0 Å². The van der Waals surface area contributed by atoms with E-state index in [2.05, 4.69) is 0 Å². The molecule has 0 aliphatic carbocycles. The highest BCUT2D eigenvalue weighted by molar-refractivity contribution is 4.82. The Morgan fingerprint density at radius 1 is 1.33 bits per heavy atom. The topological polar surface area (TPSA) is 3.24 Å². The Morgan fingerprint density at radius 3 is 2.00 bits per heavy atom. The van der Waals surface area contributed by atoms with Gasteiger partial charge in [0.2, 0.25) is 0 Å². The molecule has 1 heterocycles. The molecule has 54 valence electrons. The lowest BCUT2D eigenvalue weighted by Gasteiger charge is -2.08. The predicted octanol–water partition coefficient (Wildman–Crippen LogP) is 0.998. The van der Waals surface area contributed by atoms with Gasteiger partial charge in [0.25, 0.3) is 0 Å². The third-order valence-electron chi connectivity index (χ3n) is 1.70. The lowest BCUT2D eigenvalue weighted by atomic mass is 10.3. The first-order valence-electron chi connectivity index (χ1n) is 3.24. The minimum atomic E-state index is -1.25. The van der Waals surface area contributed by atoms with Gasteiger partial charge in [-0.05, 0) is 6.54 Å². The molecule has 0 amide bonds. The first-order chi connectivity index (χ1) is 4.24. The van der Waals surface area contributed by atoms with Gasteiger partial charge in [0.05, 0.1) is 0 Å². The zero-order chi connectivity index (χ0) is 6.85. The Bertz CT molecular complexity index is 87.1. The first kappa shape index (κ1) is 6.93. The van der Waals surface area contributed by atoms with Crippen molar-refractivity contribution in [2.45, 2.75) is 19.3 Å². The van der Waals surface area contributed by atoms with Gasteiger partial charge in [-0.1, -0.05) is 6.92 Å². The van der Waals surface area contributed by atoms with Gasteiger partial charge in [-0.2, -0.15) is 0 Å². The SMILES string of the molecule is CCN1C[C@H](F)[C@@H](F)C1. The normalized spacial score (nSPS) is 37.7. The van der Waals surface area contributed by atoms with Gasteiger partial charge in [0, 0.05) is 13.1 Å². The molecule has 1 fully saturated rings. The summed E-state index contributed by atoms with van der Waals surface area (Å²) < 4.78 is 24.7. The molecule has 0 saturated carbocycles. The minimum absolute atomic E-state index is 0.275. The van der Waals surface area contributed by atoms with Gasteiger partial charge in [-0.3, -0.25) is 4.90 Å². The fourth-order valence-corrected chi connectivity index (χ4v) is 1.05. The number of halogens is 2. The van der Waals surface area contributed by atoms with Gasteiger partial charge in [0.1, 0.15) is 12.3 Å². The van der Waals surface area contributed by atoms with Crippen molar-refractivity contribution < 1.29 is 8.78 Å². The fourth-order valence-electron chi connectivity index (χ4n) is 1.05. The molecule has 1 rings (SSSR count). The van der Waals surface area contributed by atoms with Gasteiger partial charge < -0.3 is 0 Å². The van der Waals surface area contributed by atoms with Crippen molar-refractivity contribution in [3.8, 4) is 0 Å². The molecule has 0 unspecified atom stereocenters. The monoisotopic (exact) mass is 135 g/mol. The standard InChI is InChI=1S/C6H11F2N/c1-2-9-3-5(7)6(8)4-9/h5-6H,2-4H2,1H3/t5-,6-/m0/s1. The van der Waals surface area contributed by atoms with E-state index in [-0.39, 0.29) is 13.1 Å². The summed E-state index contributed by atoms with van der Waals surface area (Å²) in [5.41, 5.74) is 0. The number of rotatable bonds is 1. The van der Waals surface area contributed by atoms with E-state index < -0.39 is 12.3 Å². The largest absolute Gasteiger partial charge is 0.298 e. The summed E-state index contributed by atoms with van der Waals surface area (Å²) in [6, 6.07) is 0. The molecule has 3 heteroatoms. The van der Waals surface area contributed by atoms with Gasteiger partial charge in [0.15, 0.2) is 0 Å². The summed E-state index contributed by atoms with van der Waals surface area (Å²) in [6.45, 7) is 3.21. The summed E-state index contributed by atoms with van der Waals surface area (Å²) in [7, 11) is 0. The first-order valence-corrected chi connectivity index (χ1v) is 3.24. The third-order valence-corrected chi connectivity index (χ3v) is 1.70. The van der Waals surface area contributed by atoms with Crippen LogP contribution in [0.3, 0.4) is 0 Å². The molecule has 0 spiro atoms. The lowest BCUT2D eigenvalue weighted by molar-refractivity contribution is 0.217.